The number of likely N-dealkylation sites (tertiary alicyclic amines) is 1. The fourth-order valence-corrected chi connectivity index (χ4v) is 3.35. The minimum absolute atomic E-state index is 0.180. The Bertz CT molecular complexity index is 676. The van der Waals surface area contributed by atoms with Gasteiger partial charge in [-0.15, -0.1) is 0 Å². The van der Waals surface area contributed by atoms with Gasteiger partial charge in [0.05, 0.1) is 27.2 Å². The first-order chi connectivity index (χ1) is 11.4. The van der Waals surface area contributed by atoms with Crippen molar-refractivity contribution in [2.45, 2.75) is 17.7 Å². The average Bonchev–Trinajstić information content (AvgIpc) is 2.59. The summed E-state index contributed by atoms with van der Waals surface area (Å²) < 4.78 is 16.7. The molecule has 2 atom stereocenters. The molecule has 1 heterocycles. The summed E-state index contributed by atoms with van der Waals surface area (Å²) in [4.78, 5) is 37.4. The molecule has 1 aromatic rings. The van der Waals surface area contributed by atoms with Crippen molar-refractivity contribution in [2.75, 3.05) is 26.0 Å². The van der Waals surface area contributed by atoms with Gasteiger partial charge < -0.3 is 15.4 Å². The first-order valence-corrected chi connectivity index (χ1v) is 9.12. The van der Waals surface area contributed by atoms with Crippen LogP contribution in [0.2, 0.25) is 0 Å². The maximum atomic E-state index is 12.2. The molecule has 2 N–H and O–H groups in total. The van der Waals surface area contributed by atoms with Crippen LogP contribution in [0.5, 0.6) is 0 Å². The van der Waals surface area contributed by atoms with Gasteiger partial charge in [-0.3, -0.25) is 13.8 Å². The quantitative estimate of drug-likeness (QED) is 0.767. The molecule has 24 heavy (non-hydrogen) atoms. The SMILES string of the molecule is C[S@@](=O)c1ccccc1C(=O)OCC(=O)N1CCC[C@H](C(N)=O)C1. The number of esters is 1. The molecule has 0 spiro atoms. The van der Waals surface area contributed by atoms with Gasteiger partial charge in [0.25, 0.3) is 5.91 Å². The molecule has 1 fully saturated rings. The van der Waals surface area contributed by atoms with Gasteiger partial charge >= 0.3 is 5.97 Å². The van der Waals surface area contributed by atoms with Crippen molar-refractivity contribution in [1.82, 2.24) is 4.90 Å². The van der Waals surface area contributed by atoms with E-state index in [2.05, 4.69) is 0 Å². The number of benzene rings is 1. The van der Waals surface area contributed by atoms with E-state index < -0.39 is 29.3 Å². The van der Waals surface area contributed by atoms with E-state index in [9.17, 15) is 18.6 Å². The summed E-state index contributed by atoms with van der Waals surface area (Å²) in [5.41, 5.74) is 5.46. The van der Waals surface area contributed by atoms with Crippen LogP contribution in [0.1, 0.15) is 23.2 Å². The molecule has 2 amide bonds. The summed E-state index contributed by atoms with van der Waals surface area (Å²) in [6.07, 6.45) is 2.81. The third-order valence-electron chi connectivity index (χ3n) is 3.92. The number of primary amides is 1. The second-order valence-electron chi connectivity index (χ2n) is 5.61. The molecule has 0 bridgehead atoms. The monoisotopic (exact) mass is 352 g/mol. The van der Waals surface area contributed by atoms with Crippen molar-refractivity contribution in [2.24, 2.45) is 11.7 Å². The van der Waals surface area contributed by atoms with E-state index in [0.29, 0.717) is 24.3 Å². The Morgan fingerprint density at radius 3 is 2.71 bits per heavy atom. The minimum Gasteiger partial charge on any atom is -0.452 e. The van der Waals surface area contributed by atoms with Crippen LogP contribution in [0, 0.1) is 5.92 Å². The zero-order valence-electron chi connectivity index (χ0n) is 13.4. The fraction of sp³-hybridized carbons (Fsp3) is 0.438. The lowest BCUT2D eigenvalue weighted by atomic mass is 9.97. The van der Waals surface area contributed by atoms with Gasteiger partial charge in [-0.25, -0.2) is 4.79 Å². The number of carbonyl (C=O) groups excluding carboxylic acids is 3. The Hall–Kier alpha value is -2.22. The van der Waals surface area contributed by atoms with Gasteiger partial charge in [-0.1, -0.05) is 12.1 Å². The van der Waals surface area contributed by atoms with Gasteiger partial charge in [-0.05, 0) is 25.0 Å². The highest BCUT2D eigenvalue weighted by molar-refractivity contribution is 7.84. The molecule has 7 nitrogen and oxygen atoms in total. The average molecular weight is 352 g/mol. The van der Waals surface area contributed by atoms with Gasteiger partial charge in [0.15, 0.2) is 6.61 Å². The molecule has 0 unspecified atom stereocenters. The minimum atomic E-state index is -1.34. The third-order valence-corrected chi connectivity index (χ3v) is 4.90. The molecule has 0 radical (unpaired) electrons. The number of ether oxygens (including phenoxy) is 1. The normalized spacial score (nSPS) is 18.7. The number of hydrogen-bond donors (Lipinski definition) is 1. The molecule has 0 aliphatic carbocycles. The molecule has 8 heteroatoms. The number of nitrogens with two attached hydrogens (primary N) is 1. The van der Waals surface area contributed by atoms with Crippen molar-refractivity contribution in [1.29, 1.82) is 0 Å². The zero-order valence-corrected chi connectivity index (χ0v) is 14.2. The highest BCUT2D eigenvalue weighted by Gasteiger charge is 2.27. The molecular formula is C16H20N2O5S. The first kappa shape index (κ1) is 18.1. The maximum absolute atomic E-state index is 12.2. The van der Waals surface area contributed by atoms with E-state index in [1.54, 1.807) is 18.2 Å². The van der Waals surface area contributed by atoms with E-state index in [1.807, 2.05) is 0 Å². The topological polar surface area (TPSA) is 107 Å². The number of carbonyl (C=O) groups is 3. The summed E-state index contributed by atoms with van der Waals surface area (Å²) in [5, 5.41) is 0. The molecule has 0 aromatic heterocycles. The smallest absolute Gasteiger partial charge is 0.339 e. The summed E-state index contributed by atoms with van der Waals surface area (Å²) in [7, 11) is -1.34. The molecule has 0 saturated carbocycles. The summed E-state index contributed by atoms with van der Waals surface area (Å²) in [5.74, 6) is -1.85. The molecular weight excluding hydrogens is 332 g/mol. The Morgan fingerprint density at radius 1 is 1.33 bits per heavy atom. The maximum Gasteiger partial charge on any atom is 0.339 e. The van der Waals surface area contributed by atoms with E-state index >= 15 is 0 Å². The Labute approximate surface area is 142 Å². The van der Waals surface area contributed by atoms with Crippen molar-refractivity contribution >= 4 is 28.6 Å². The van der Waals surface area contributed by atoms with Crippen LogP contribution in [0.3, 0.4) is 0 Å². The van der Waals surface area contributed by atoms with E-state index in [1.165, 1.54) is 17.2 Å². The Morgan fingerprint density at radius 2 is 2.04 bits per heavy atom. The number of amides is 2. The van der Waals surface area contributed by atoms with Crippen LogP contribution in [0.15, 0.2) is 29.2 Å². The van der Waals surface area contributed by atoms with Crippen LogP contribution in [-0.4, -0.2) is 52.8 Å². The number of piperidine rings is 1. The van der Waals surface area contributed by atoms with Crippen molar-refractivity contribution in [3.63, 3.8) is 0 Å². The molecule has 1 saturated heterocycles. The predicted molar refractivity (Wildman–Crippen MR) is 87.6 cm³/mol. The van der Waals surface area contributed by atoms with E-state index in [0.717, 1.165) is 0 Å². The highest BCUT2D eigenvalue weighted by Crippen LogP contribution is 2.17. The van der Waals surface area contributed by atoms with E-state index in [4.69, 9.17) is 10.5 Å². The van der Waals surface area contributed by atoms with Crippen molar-refractivity contribution in [3.8, 4) is 0 Å². The lowest BCUT2D eigenvalue weighted by molar-refractivity contribution is -0.137. The fourth-order valence-electron chi connectivity index (χ4n) is 2.62. The van der Waals surface area contributed by atoms with Crippen molar-refractivity contribution in [3.05, 3.63) is 29.8 Å². The lowest BCUT2D eigenvalue weighted by Gasteiger charge is -2.31. The number of rotatable bonds is 5. The standard InChI is InChI=1S/C16H20N2O5S/c1-24(22)13-7-3-2-6-12(13)16(21)23-10-14(19)18-8-4-5-11(9-18)15(17)20/h2-3,6-7,11H,4-5,8-10H2,1H3,(H2,17,20)/t11-,24+/m0/s1. The largest absolute Gasteiger partial charge is 0.452 e. The highest BCUT2D eigenvalue weighted by atomic mass is 32.2. The molecule has 1 aromatic carbocycles. The van der Waals surface area contributed by atoms with Crippen LogP contribution < -0.4 is 5.73 Å². The summed E-state index contributed by atoms with van der Waals surface area (Å²) in [6, 6.07) is 6.40. The van der Waals surface area contributed by atoms with Gasteiger partial charge in [0.2, 0.25) is 5.91 Å². The first-order valence-electron chi connectivity index (χ1n) is 7.57. The van der Waals surface area contributed by atoms with Gasteiger partial charge in [-0.2, -0.15) is 0 Å². The summed E-state index contributed by atoms with van der Waals surface area (Å²) in [6.45, 7) is 0.339. The van der Waals surface area contributed by atoms with Crippen LogP contribution in [0.25, 0.3) is 0 Å². The molecule has 1 aliphatic rings. The second-order valence-corrected chi connectivity index (χ2v) is 6.96. The number of nitrogens with zero attached hydrogens (tertiary/aromatic N) is 1. The number of hydrogen-bond acceptors (Lipinski definition) is 5. The van der Waals surface area contributed by atoms with Crippen LogP contribution in [0.4, 0.5) is 0 Å². The van der Waals surface area contributed by atoms with Crippen LogP contribution in [-0.2, 0) is 25.1 Å². The third kappa shape index (κ3) is 4.41. The predicted octanol–water partition coefficient (Wildman–Crippen LogP) is 0.305. The molecule has 1 aliphatic heterocycles. The molecule has 2 rings (SSSR count). The Balaban J connectivity index is 1.95. The lowest BCUT2D eigenvalue weighted by Crippen LogP contribution is -2.45. The zero-order chi connectivity index (χ0) is 17.7. The second kappa shape index (κ2) is 8.05. The molecule has 130 valence electrons. The van der Waals surface area contributed by atoms with Crippen molar-refractivity contribution < 1.29 is 23.3 Å². The van der Waals surface area contributed by atoms with E-state index in [-0.39, 0.29) is 23.9 Å². The Kier molecular flexibility index (Phi) is 6.08. The van der Waals surface area contributed by atoms with Gasteiger partial charge in [0, 0.05) is 19.3 Å². The van der Waals surface area contributed by atoms with Gasteiger partial charge in [0.1, 0.15) is 0 Å². The summed E-state index contributed by atoms with van der Waals surface area (Å²) >= 11 is 0. The van der Waals surface area contributed by atoms with Crippen LogP contribution >= 0.6 is 0 Å².